The van der Waals surface area contributed by atoms with Crippen LogP contribution < -0.4 is 10.1 Å². The number of carbonyl (C=O) groups is 2. The second kappa shape index (κ2) is 8.82. The molecule has 2 aromatic carbocycles. The lowest BCUT2D eigenvalue weighted by Gasteiger charge is -2.09. The first kappa shape index (κ1) is 18.4. The van der Waals surface area contributed by atoms with Crippen LogP contribution in [0.2, 0.25) is 0 Å². The maximum atomic E-state index is 13.8. The number of rotatable bonds is 7. The van der Waals surface area contributed by atoms with Crippen LogP contribution in [0, 0.1) is 12.7 Å². The summed E-state index contributed by atoms with van der Waals surface area (Å²) in [7, 11) is 1.40. The van der Waals surface area contributed by atoms with E-state index >= 15 is 0 Å². The zero-order valence-corrected chi connectivity index (χ0v) is 14.2. The number of esters is 1. The van der Waals surface area contributed by atoms with E-state index in [9.17, 15) is 14.0 Å². The molecule has 0 fully saturated rings. The third-order valence-electron chi connectivity index (χ3n) is 3.71. The summed E-state index contributed by atoms with van der Waals surface area (Å²) in [4.78, 5) is 23.6. The molecule has 5 nitrogen and oxygen atoms in total. The van der Waals surface area contributed by atoms with Crippen LogP contribution in [0.3, 0.4) is 0 Å². The summed E-state index contributed by atoms with van der Waals surface area (Å²) in [6.45, 7) is 1.97. The summed E-state index contributed by atoms with van der Waals surface area (Å²) >= 11 is 0. The van der Waals surface area contributed by atoms with Crippen molar-refractivity contribution in [3.63, 3.8) is 0 Å². The number of ether oxygens (including phenoxy) is 2. The molecule has 0 aromatic heterocycles. The Morgan fingerprint density at radius 3 is 2.60 bits per heavy atom. The van der Waals surface area contributed by atoms with Crippen LogP contribution in [0.25, 0.3) is 0 Å². The third kappa shape index (κ3) is 5.31. The van der Waals surface area contributed by atoms with Gasteiger partial charge in [0.2, 0.25) is 0 Å². The van der Waals surface area contributed by atoms with Gasteiger partial charge in [-0.1, -0.05) is 24.3 Å². The van der Waals surface area contributed by atoms with Gasteiger partial charge in [0.1, 0.15) is 11.6 Å². The highest BCUT2D eigenvalue weighted by atomic mass is 19.1. The highest BCUT2D eigenvalue weighted by molar-refractivity contribution is 5.91. The Morgan fingerprint density at radius 1 is 1.16 bits per heavy atom. The predicted octanol–water partition coefficient (Wildman–Crippen LogP) is 2.66. The van der Waals surface area contributed by atoms with E-state index in [4.69, 9.17) is 9.47 Å². The average molecular weight is 345 g/mol. The second-order valence-electron chi connectivity index (χ2n) is 5.45. The lowest BCUT2D eigenvalue weighted by atomic mass is 10.1. The minimum absolute atomic E-state index is 0.242. The molecule has 6 heteroatoms. The van der Waals surface area contributed by atoms with Gasteiger partial charge in [0.25, 0.3) is 5.91 Å². The van der Waals surface area contributed by atoms with Crippen LogP contribution in [0.1, 0.15) is 21.5 Å². The van der Waals surface area contributed by atoms with Gasteiger partial charge in [-0.3, -0.25) is 4.79 Å². The molecule has 2 aromatic rings. The van der Waals surface area contributed by atoms with Crippen molar-refractivity contribution < 1.29 is 23.5 Å². The molecule has 132 valence electrons. The molecule has 2 rings (SSSR count). The van der Waals surface area contributed by atoms with Gasteiger partial charge in [-0.05, 0) is 36.6 Å². The number of nitrogens with one attached hydrogen (secondary N) is 1. The van der Waals surface area contributed by atoms with Crippen molar-refractivity contribution in [1.82, 2.24) is 5.32 Å². The highest BCUT2D eigenvalue weighted by Crippen LogP contribution is 2.16. The minimum Gasteiger partial charge on any atom is -0.497 e. The molecule has 1 N–H and O–H groups in total. The zero-order chi connectivity index (χ0) is 18.2. The summed E-state index contributed by atoms with van der Waals surface area (Å²) in [5, 5.41) is 2.67. The van der Waals surface area contributed by atoms with E-state index in [1.807, 2.05) is 31.2 Å². The van der Waals surface area contributed by atoms with Crippen LogP contribution in [0.5, 0.6) is 5.75 Å². The molecule has 0 aliphatic heterocycles. The molecular formula is C19H20FNO4. The molecular weight excluding hydrogens is 325 g/mol. The first-order chi connectivity index (χ1) is 12.0. The first-order valence-electron chi connectivity index (χ1n) is 7.83. The van der Waals surface area contributed by atoms with Gasteiger partial charge in [-0.25, -0.2) is 9.18 Å². The van der Waals surface area contributed by atoms with Gasteiger partial charge < -0.3 is 14.8 Å². The topological polar surface area (TPSA) is 64.6 Å². The van der Waals surface area contributed by atoms with Crippen molar-refractivity contribution in [3.05, 3.63) is 65.0 Å². The monoisotopic (exact) mass is 345 g/mol. The Hall–Kier alpha value is -2.89. The van der Waals surface area contributed by atoms with Crippen molar-refractivity contribution in [2.24, 2.45) is 0 Å². The Kier molecular flexibility index (Phi) is 6.51. The van der Waals surface area contributed by atoms with Crippen molar-refractivity contribution >= 4 is 11.9 Å². The van der Waals surface area contributed by atoms with E-state index in [1.165, 1.54) is 19.2 Å². The zero-order valence-electron chi connectivity index (χ0n) is 14.2. The number of amides is 1. The predicted molar refractivity (Wildman–Crippen MR) is 91.1 cm³/mol. The number of hydrogen-bond acceptors (Lipinski definition) is 4. The fraction of sp³-hybridized carbons (Fsp3) is 0.263. The van der Waals surface area contributed by atoms with E-state index in [-0.39, 0.29) is 5.56 Å². The van der Waals surface area contributed by atoms with Gasteiger partial charge in [0, 0.05) is 12.6 Å². The largest absolute Gasteiger partial charge is 0.497 e. The van der Waals surface area contributed by atoms with Gasteiger partial charge in [-0.2, -0.15) is 0 Å². The van der Waals surface area contributed by atoms with E-state index in [1.54, 1.807) is 0 Å². The first-order valence-corrected chi connectivity index (χ1v) is 7.83. The summed E-state index contributed by atoms with van der Waals surface area (Å²) in [6, 6.07) is 11.7. The van der Waals surface area contributed by atoms with Crippen LogP contribution in [-0.4, -0.2) is 32.1 Å². The van der Waals surface area contributed by atoms with Gasteiger partial charge in [0.05, 0.1) is 12.7 Å². The molecule has 1 amide bonds. The highest BCUT2D eigenvalue weighted by Gasteiger charge is 2.15. The summed E-state index contributed by atoms with van der Waals surface area (Å²) in [5.74, 6) is -1.79. The fourth-order valence-electron chi connectivity index (χ4n) is 2.28. The average Bonchev–Trinajstić information content (AvgIpc) is 2.61. The Morgan fingerprint density at radius 2 is 1.92 bits per heavy atom. The molecule has 0 radical (unpaired) electrons. The normalized spacial score (nSPS) is 10.2. The Bertz CT molecular complexity index is 761. The Balaban J connectivity index is 1.78. The minimum atomic E-state index is -0.894. The maximum absolute atomic E-state index is 13.8. The molecule has 0 saturated carbocycles. The molecule has 0 bridgehead atoms. The summed E-state index contributed by atoms with van der Waals surface area (Å²) in [5.41, 5.74) is 2.05. The third-order valence-corrected chi connectivity index (χ3v) is 3.71. The van der Waals surface area contributed by atoms with Crippen LogP contribution in [0.4, 0.5) is 4.39 Å². The second-order valence-corrected chi connectivity index (χ2v) is 5.45. The lowest BCUT2D eigenvalue weighted by molar-refractivity contribution is -0.124. The standard InChI is InChI=1S/C19H20FNO4/c1-13-5-3-4-6-14(13)9-10-21-18(22)12-25-19(23)16-8-7-15(24-2)11-17(16)20/h3-8,11H,9-10,12H2,1-2H3,(H,21,22). The van der Waals surface area contributed by atoms with Gasteiger partial charge >= 0.3 is 5.97 Å². The van der Waals surface area contributed by atoms with Crippen LogP contribution in [-0.2, 0) is 16.0 Å². The molecule has 25 heavy (non-hydrogen) atoms. The van der Waals surface area contributed by atoms with Crippen molar-refractivity contribution in [3.8, 4) is 5.75 Å². The van der Waals surface area contributed by atoms with Crippen LogP contribution in [0.15, 0.2) is 42.5 Å². The molecule has 0 saturated heterocycles. The fourth-order valence-corrected chi connectivity index (χ4v) is 2.28. The van der Waals surface area contributed by atoms with E-state index in [0.717, 1.165) is 17.2 Å². The van der Waals surface area contributed by atoms with Crippen molar-refractivity contribution in [2.45, 2.75) is 13.3 Å². The van der Waals surface area contributed by atoms with Gasteiger partial charge in [-0.15, -0.1) is 0 Å². The lowest BCUT2D eigenvalue weighted by Crippen LogP contribution is -2.30. The van der Waals surface area contributed by atoms with E-state index < -0.39 is 24.3 Å². The maximum Gasteiger partial charge on any atom is 0.341 e. The molecule has 0 aliphatic rings. The van der Waals surface area contributed by atoms with Crippen molar-refractivity contribution in [2.75, 3.05) is 20.3 Å². The molecule has 0 aliphatic carbocycles. The van der Waals surface area contributed by atoms with Crippen molar-refractivity contribution in [1.29, 1.82) is 0 Å². The smallest absolute Gasteiger partial charge is 0.341 e. The number of aryl methyl sites for hydroxylation is 1. The quantitative estimate of drug-likeness (QED) is 0.784. The molecule has 0 unspecified atom stereocenters. The number of carbonyl (C=O) groups excluding carboxylic acids is 2. The van der Waals surface area contributed by atoms with E-state index in [0.29, 0.717) is 18.7 Å². The molecule has 0 atom stereocenters. The number of benzene rings is 2. The Labute approximate surface area is 145 Å². The molecule has 0 spiro atoms. The van der Waals surface area contributed by atoms with Crippen LogP contribution >= 0.6 is 0 Å². The number of methoxy groups -OCH3 is 1. The molecule has 0 heterocycles. The summed E-state index contributed by atoms with van der Waals surface area (Å²) < 4.78 is 23.5. The van der Waals surface area contributed by atoms with Gasteiger partial charge in [0.15, 0.2) is 6.61 Å². The summed E-state index contributed by atoms with van der Waals surface area (Å²) in [6.07, 6.45) is 0.680. The number of hydrogen-bond donors (Lipinski definition) is 1. The number of halogens is 1. The SMILES string of the molecule is COc1ccc(C(=O)OCC(=O)NCCc2ccccc2C)c(F)c1. The van der Waals surface area contributed by atoms with E-state index in [2.05, 4.69) is 5.32 Å².